The SMILES string of the molecule is FC(F)CC1C=CC=CC1. The van der Waals surface area contributed by atoms with E-state index in [0.29, 0.717) is 0 Å². The first kappa shape index (κ1) is 7.45. The standard InChI is InChI=1S/C8H10F2/c9-8(10)6-7-4-2-1-3-5-7/h1-4,7-8H,5-6H2. The quantitative estimate of drug-likeness (QED) is 0.559. The first-order chi connectivity index (χ1) is 4.79. The van der Waals surface area contributed by atoms with E-state index in [-0.39, 0.29) is 12.3 Å². The van der Waals surface area contributed by atoms with Crippen LogP contribution >= 0.6 is 0 Å². The summed E-state index contributed by atoms with van der Waals surface area (Å²) in [6, 6.07) is 0. The third-order valence-corrected chi connectivity index (χ3v) is 1.55. The molecule has 0 nitrogen and oxygen atoms in total. The van der Waals surface area contributed by atoms with Gasteiger partial charge in [-0.2, -0.15) is 0 Å². The summed E-state index contributed by atoms with van der Waals surface area (Å²) in [5.41, 5.74) is 0. The van der Waals surface area contributed by atoms with Gasteiger partial charge in [-0.25, -0.2) is 8.78 Å². The van der Waals surface area contributed by atoms with Crippen molar-refractivity contribution < 1.29 is 8.78 Å². The molecule has 0 aromatic heterocycles. The van der Waals surface area contributed by atoms with Crippen molar-refractivity contribution in [1.82, 2.24) is 0 Å². The van der Waals surface area contributed by atoms with E-state index in [0.717, 1.165) is 6.42 Å². The van der Waals surface area contributed by atoms with Gasteiger partial charge in [0.15, 0.2) is 0 Å². The Labute approximate surface area is 59.2 Å². The van der Waals surface area contributed by atoms with Gasteiger partial charge in [-0.1, -0.05) is 24.3 Å². The lowest BCUT2D eigenvalue weighted by atomic mass is 9.98. The average molecular weight is 144 g/mol. The van der Waals surface area contributed by atoms with E-state index in [2.05, 4.69) is 0 Å². The summed E-state index contributed by atoms with van der Waals surface area (Å²) in [4.78, 5) is 0. The Balaban J connectivity index is 2.30. The summed E-state index contributed by atoms with van der Waals surface area (Å²) in [6.07, 6.45) is 6.08. The molecule has 0 fully saturated rings. The second-order valence-corrected chi connectivity index (χ2v) is 2.44. The minimum atomic E-state index is -2.17. The predicted octanol–water partition coefficient (Wildman–Crippen LogP) is 2.77. The van der Waals surface area contributed by atoms with Crippen LogP contribution < -0.4 is 0 Å². The molecule has 0 heterocycles. The first-order valence-corrected chi connectivity index (χ1v) is 3.40. The van der Waals surface area contributed by atoms with E-state index < -0.39 is 6.43 Å². The largest absolute Gasteiger partial charge is 0.239 e. The Bertz CT molecular complexity index is 147. The van der Waals surface area contributed by atoms with E-state index in [4.69, 9.17) is 0 Å². The van der Waals surface area contributed by atoms with Crippen LogP contribution in [-0.2, 0) is 0 Å². The highest BCUT2D eigenvalue weighted by molar-refractivity contribution is 5.10. The summed E-state index contributed by atoms with van der Waals surface area (Å²) in [6.45, 7) is 0. The zero-order valence-electron chi connectivity index (χ0n) is 5.63. The van der Waals surface area contributed by atoms with Crippen LogP contribution in [-0.4, -0.2) is 6.43 Å². The van der Waals surface area contributed by atoms with Gasteiger partial charge in [0.2, 0.25) is 6.43 Å². The van der Waals surface area contributed by atoms with Gasteiger partial charge in [0.25, 0.3) is 0 Å². The van der Waals surface area contributed by atoms with Gasteiger partial charge in [0.1, 0.15) is 0 Å². The van der Waals surface area contributed by atoms with E-state index in [1.807, 2.05) is 24.3 Å². The van der Waals surface area contributed by atoms with Crippen molar-refractivity contribution in [2.75, 3.05) is 0 Å². The molecule has 0 aromatic rings. The van der Waals surface area contributed by atoms with Crippen LogP contribution in [0.25, 0.3) is 0 Å². The second kappa shape index (κ2) is 3.49. The Kier molecular flexibility index (Phi) is 2.60. The maximum absolute atomic E-state index is 11.8. The number of hydrogen-bond acceptors (Lipinski definition) is 0. The van der Waals surface area contributed by atoms with Gasteiger partial charge in [0, 0.05) is 6.42 Å². The molecule has 0 amide bonds. The van der Waals surface area contributed by atoms with Crippen LogP contribution in [0, 0.1) is 5.92 Å². The fourth-order valence-electron chi connectivity index (χ4n) is 1.04. The van der Waals surface area contributed by atoms with Gasteiger partial charge in [0.05, 0.1) is 0 Å². The number of hydrogen-bond donors (Lipinski definition) is 0. The molecule has 0 saturated heterocycles. The highest BCUT2D eigenvalue weighted by Crippen LogP contribution is 2.19. The summed E-state index contributed by atoms with van der Waals surface area (Å²) < 4.78 is 23.5. The normalized spacial score (nSPS) is 24.1. The van der Waals surface area contributed by atoms with Crippen molar-refractivity contribution in [3.63, 3.8) is 0 Å². The zero-order valence-corrected chi connectivity index (χ0v) is 5.63. The lowest BCUT2D eigenvalue weighted by molar-refractivity contribution is 0.123. The molecule has 0 radical (unpaired) electrons. The minimum absolute atomic E-state index is 0.000833. The molecule has 0 aromatic carbocycles. The van der Waals surface area contributed by atoms with Crippen LogP contribution in [0.4, 0.5) is 8.78 Å². The minimum Gasteiger partial charge on any atom is -0.211 e. The number of halogens is 2. The van der Waals surface area contributed by atoms with Gasteiger partial charge >= 0.3 is 0 Å². The fraction of sp³-hybridized carbons (Fsp3) is 0.500. The van der Waals surface area contributed by atoms with Crippen molar-refractivity contribution in [3.05, 3.63) is 24.3 Å². The van der Waals surface area contributed by atoms with Crippen LogP contribution in [0.5, 0.6) is 0 Å². The van der Waals surface area contributed by atoms with E-state index in [1.165, 1.54) is 0 Å². The van der Waals surface area contributed by atoms with Gasteiger partial charge in [-0.15, -0.1) is 0 Å². The molecule has 1 aliphatic carbocycles. The molecular weight excluding hydrogens is 134 g/mol. The third-order valence-electron chi connectivity index (χ3n) is 1.55. The molecule has 10 heavy (non-hydrogen) atoms. The van der Waals surface area contributed by atoms with Crippen LogP contribution in [0.15, 0.2) is 24.3 Å². The topological polar surface area (TPSA) is 0 Å². The summed E-state index contributed by atoms with van der Waals surface area (Å²) >= 11 is 0. The van der Waals surface area contributed by atoms with E-state index in [9.17, 15) is 8.78 Å². The Morgan fingerprint density at radius 3 is 2.70 bits per heavy atom. The van der Waals surface area contributed by atoms with Crippen molar-refractivity contribution in [1.29, 1.82) is 0 Å². The Morgan fingerprint density at radius 2 is 2.20 bits per heavy atom. The van der Waals surface area contributed by atoms with Crippen LogP contribution in [0.1, 0.15) is 12.8 Å². The average Bonchev–Trinajstić information content (AvgIpc) is 1.88. The highest BCUT2D eigenvalue weighted by atomic mass is 19.3. The van der Waals surface area contributed by atoms with Gasteiger partial charge in [-0.05, 0) is 12.3 Å². The third kappa shape index (κ3) is 2.29. The molecule has 1 unspecified atom stereocenters. The van der Waals surface area contributed by atoms with Crippen LogP contribution in [0.2, 0.25) is 0 Å². The lowest BCUT2D eigenvalue weighted by Crippen LogP contribution is -2.03. The van der Waals surface area contributed by atoms with Crippen molar-refractivity contribution in [3.8, 4) is 0 Å². The van der Waals surface area contributed by atoms with Crippen molar-refractivity contribution in [2.45, 2.75) is 19.3 Å². The van der Waals surface area contributed by atoms with Gasteiger partial charge < -0.3 is 0 Å². The van der Waals surface area contributed by atoms with Crippen LogP contribution in [0.3, 0.4) is 0 Å². The molecule has 2 heteroatoms. The number of alkyl halides is 2. The molecule has 0 saturated carbocycles. The molecular formula is C8H10F2. The Morgan fingerprint density at radius 1 is 1.40 bits per heavy atom. The molecule has 1 atom stereocenters. The molecule has 0 bridgehead atoms. The Hall–Kier alpha value is -0.660. The molecule has 56 valence electrons. The highest BCUT2D eigenvalue weighted by Gasteiger charge is 2.11. The van der Waals surface area contributed by atoms with Crippen molar-refractivity contribution >= 4 is 0 Å². The monoisotopic (exact) mass is 144 g/mol. The maximum Gasteiger partial charge on any atom is 0.239 e. The summed E-state index contributed by atoms with van der Waals surface area (Å²) in [5, 5.41) is 0. The summed E-state index contributed by atoms with van der Waals surface area (Å²) in [7, 11) is 0. The second-order valence-electron chi connectivity index (χ2n) is 2.44. The first-order valence-electron chi connectivity index (χ1n) is 3.40. The summed E-state index contributed by atoms with van der Waals surface area (Å²) in [5.74, 6) is 0.0602. The molecule has 0 aliphatic heterocycles. The molecule has 1 rings (SSSR count). The van der Waals surface area contributed by atoms with E-state index in [1.54, 1.807) is 0 Å². The van der Waals surface area contributed by atoms with Gasteiger partial charge in [-0.3, -0.25) is 0 Å². The smallest absolute Gasteiger partial charge is 0.211 e. The van der Waals surface area contributed by atoms with Crippen molar-refractivity contribution in [2.24, 2.45) is 5.92 Å². The number of rotatable bonds is 2. The lowest BCUT2D eigenvalue weighted by Gasteiger charge is -2.10. The fourth-order valence-corrected chi connectivity index (χ4v) is 1.04. The molecule has 0 spiro atoms. The number of allylic oxidation sites excluding steroid dienone is 4. The van der Waals surface area contributed by atoms with E-state index >= 15 is 0 Å². The molecule has 0 N–H and O–H groups in total. The predicted molar refractivity (Wildman–Crippen MR) is 37.0 cm³/mol. The maximum atomic E-state index is 11.8. The molecule has 1 aliphatic rings. The zero-order chi connectivity index (χ0) is 7.40.